The van der Waals surface area contributed by atoms with Crippen LogP contribution in [0.3, 0.4) is 0 Å². The van der Waals surface area contributed by atoms with Gasteiger partial charge in [0.15, 0.2) is 11.4 Å². The van der Waals surface area contributed by atoms with Crippen molar-refractivity contribution in [3.8, 4) is 0 Å². The van der Waals surface area contributed by atoms with Gasteiger partial charge in [-0.1, -0.05) is 58.3 Å². The van der Waals surface area contributed by atoms with Gasteiger partial charge >= 0.3 is 0 Å². The molecule has 0 spiro atoms. The van der Waals surface area contributed by atoms with Gasteiger partial charge in [-0.3, -0.25) is 4.79 Å². The van der Waals surface area contributed by atoms with E-state index in [0.29, 0.717) is 0 Å². The minimum Gasteiger partial charge on any atom is -0.550 e. The van der Waals surface area contributed by atoms with Gasteiger partial charge in [-0.15, -0.1) is 0 Å². The Balaban J connectivity index is 4.39. The number of aliphatic hydroxyl groups is 2. The number of carbonyl (C=O) groups excluding carboxylic acids is 2. The molecule has 0 bridgehead atoms. The second-order valence-electron chi connectivity index (χ2n) is 8.60. The number of aliphatic hydroxyl groups excluding tert-OH is 1. The highest BCUT2D eigenvalue weighted by Crippen LogP contribution is 2.22. The molecule has 1 atom stereocenters. The number of carboxylic acids is 1. The van der Waals surface area contributed by atoms with Crippen molar-refractivity contribution < 1.29 is 29.4 Å². The Morgan fingerprint density at radius 3 is 1.89 bits per heavy atom. The number of hydrogen-bond acceptors (Lipinski definition) is 5. The average Bonchev–Trinajstić information content (AvgIpc) is 2.50. The van der Waals surface area contributed by atoms with Gasteiger partial charge in [0.05, 0.1) is 21.1 Å². The predicted octanol–water partition coefficient (Wildman–Crippen LogP) is 2.50. The molecular weight excluding hydrogens is 346 g/mol. The van der Waals surface area contributed by atoms with E-state index in [1.165, 1.54) is 38.5 Å². The van der Waals surface area contributed by atoms with Crippen molar-refractivity contribution in [2.45, 2.75) is 83.2 Å². The third kappa shape index (κ3) is 13.4. The summed E-state index contributed by atoms with van der Waals surface area (Å²) in [6.07, 6.45) is 10.8. The van der Waals surface area contributed by atoms with E-state index < -0.39 is 23.8 Å². The van der Waals surface area contributed by atoms with Gasteiger partial charge in [0.2, 0.25) is 0 Å². The molecule has 0 aliphatic carbocycles. The normalized spacial score (nSPS) is 14.8. The van der Waals surface area contributed by atoms with Gasteiger partial charge in [0.1, 0.15) is 12.3 Å². The Hall–Kier alpha value is -1.40. The average molecular weight is 386 g/mol. The standard InChI is InChI=1S/C21H39NO5/c1-5-6-7-8-9-10-11-12-13-14-18(23)15-19(24)21(27,16-20(25)26)17-22(2,3)4/h15,27H,5-14,16-17H2,1-4H3,(H-,23,24,25,26). The van der Waals surface area contributed by atoms with E-state index in [1.807, 2.05) is 0 Å². The summed E-state index contributed by atoms with van der Waals surface area (Å²) >= 11 is 0. The van der Waals surface area contributed by atoms with Crippen LogP contribution in [0.2, 0.25) is 0 Å². The minimum absolute atomic E-state index is 0.0470. The smallest absolute Gasteiger partial charge is 0.175 e. The maximum atomic E-state index is 12.0. The molecule has 0 saturated heterocycles. The van der Waals surface area contributed by atoms with Crippen LogP contribution in [0.15, 0.2) is 11.8 Å². The third-order valence-electron chi connectivity index (χ3n) is 4.47. The molecule has 0 aromatic carbocycles. The fourth-order valence-corrected chi connectivity index (χ4v) is 3.22. The molecule has 0 amide bonds. The lowest BCUT2D eigenvalue weighted by Gasteiger charge is -2.35. The number of nitrogens with zero attached hydrogens (tertiary/aromatic N) is 1. The third-order valence-corrected chi connectivity index (χ3v) is 4.47. The summed E-state index contributed by atoms with van der Waals surface area (Å²) < 4.78 is 0.230. The zero-order valence-corrected chi connectivity index (χ0v) is 17.6. The van der Waals surface area contributed by atoms with Crippen LogP contribution in [0.1, 0.15) is 77.6 Å². The number of carboxylic acid groups (broad SMARTS) is 1. The second-order valence-corrected chi connectivity index (χ2v) is 8.60. The molecule has 0 aliphatic heterocycles. The number of rotatable bonds is 16. The van der Waals surface area contributed by atoms with Crippen LogP contribution in [0.4, 0.5) is 0 Å². The van der Waals surface area contributed by atoms with Crippen LogP contribution in [0, 0.1) is 0 Å². The highest BCUT2D eigenvalue weighted by Gasteiger charge is 2.38. The zero-order valence-electron chi connectivity index (χ0n) is 17.6. The molecular formula is C21H39NO5. The van der Waals surface area contributed by atoms with Gasteiger partial charge in [-0.25, -0.2) is 0 Å². The topological polar surface area (TPSA) is 97.7 Å². The van der Waals surface area contributed by atoms with Crippen molar-refractivity contribution in [3.05, 3.63) is 11.8 Å². The number of hydrogen-bond donors (Lipinski definition) is 2. The number of allylic oxidation sites excluding steroid dienone is 1. The molecule has 0 radical (unpaired) electrons. The van der Waals surface area contributed by atoms with E-state index >= 15 is 0 Å². The molecule has 0 heterocycles. The SMILES string of the molecule is CCCCCCCCCCCC(=O)C=C(O)C(O)(CC(=O)[O-])C[N+](C)(C)C. The molecule has 0 saturated carbocycles. The number of aliphatic carboxylic acids is 1. The molecule has 1 unspecified atom stereocenters. The molecule has 0 aromatic rings. The number of ketones is 1. The summed E-state index contributed by atoms with van der Waals surface area (Å²) in [7, 11) is 5.28. The Morgan fingerprint density at radius 1 is 0.963 bits per heavy atom. The summed E-state index contributed by atoms with van der Waals surface area (Å²) in [6.45, 7) is 2.15. The van der Waals surface area contributed by atoms with E-state index in [2.05, 4.69) is 6.92 Å². The molecule has 27 heavy (non-hydrogen) atoms. The zero-order chi connectivity index (χ0) is 20.9. The lowest BCUT2D eigenvalue weighted by Crippen LogP contribution is -2.52. The monoisotopic (exact) mass is 385 g/mol. The van der Waals surface area contributed by atoms with E-state index in [4.69, 9.17) is 0 Å². The van der Waals surface area contributed by atoms with E-state index in [-0.39, 0.29) is 23.2 Å². The first kappa shape index (κ1) is 25.6. The van der Waals surface area contributed by atoms with Crippen LogP contribution < -0.4 is 5.11 Å². The molecule has 158 valence electrons. The van der Waals surface area contributed by atoms with Crippen LogP contribution in [-0.2, 0) is 9.59 Å². The van der Waals surface area contributed by atoms with E-state index in [9.17, 15) is 24.9 Å². The van der Waals surface area contributed by atoms with Gasteiger partial charge in [0, 0.05) is 24.9 Å². The fraction of sp³-hybridized carbons (Fsp3) is 0.810. The van der Waals surface area contributed by atoms with E-state index in [0.717, 1.165) is 25.3 Å². The number of likely N-dealkylation sites (N-methyl/N-ethyl adjacent to an activating group) is 1. The molecule has 0 aliphatic rings. The first-order valence-electron chi connectivity index (χ1n) is 10.2. The predicted molar refractivity (Wildman–Crippen MR) is 105 cm³/mol. The van der Waals surface area contributed by atoms with Crippen molar-refractivity contribution in [1.29, 1.82) is 0 Å². The quantitative estimate of drug-likeness (QED) is 0.184. The molecule has 0 aromatic heterocycles. The van der Waals surface area contributed by atoms with Gasteiger partial charge in [-0.05, 0) is 6.42 Å². The molecule has 0 rings (SSSR count). The molecule has 6 nitrogen and oxygen atoms in total. The van der Waals surface area contributed by atoms with Gasteiger partial charge in [0.25, 0.3) is 0 Å². The maximum Gasteiger partial charge on any atom is 0.175 e. The van der Waals surface area contributed by atoms with Crippen molar-refractivity contribution in [2.24, 2.45) is 0 Å². The highest BCUT2D eigenvalue weighted by molar-refractivity contribution is 5.90. The molecule has 2 N–H and O–H groups in total. The Morgan fingerprint density at radius 2 is 1.44 bits per heavy atom. The summed E-state index contributed by atoms with van der Waals surface area (Å²) in [5.41, 5.74) is -2.01. The molecule has 0 fully saturated rings. The van der Waals surface area contributed by atoms with Crippen LogP contribution in [0.5, 0.6) is 0 Å². The van der Waals surface area contributed by atoms with Gasteiger partial charge < -0.3 is 24.6 Å². The molecule has 6 heteroatoms. The largest absolute Gasteiger partial charge is 0.550 e. The lowest BCUT2D eigenvalue weighted by atomic mass is 9.94. The highest BCUT2D eigenvalue weighted by atomic mass is 16.4. The number of carbonyl (C=O) groups is 2. The Kier molecular flexibility index (Phi) is 12.2. The minimum atomic E-state index is -2.01. The van der Waals surface area contributed by atoms with Crippen LogP contribution in [0.25, 0.3) is 0 Å². The first-order valence-corrected chi connectivity index (χ1v) is 10.2. The number of unbranched alkanes of at least 4 members (excludes halogenated alkanes) is 8. The second kappa shape index (κ2) is 12.9. The van der Waals surface area contributed by atoms with Crippen LogP contribution in [-0.4, -0.2) is 59.7 Å². The lowest BCUT2D eigenvalue weighted by molar-refractivity contribution is -0.876. The van der Waals surface area contributed by atoms with E-state index in [1.54, 1.807) is 21.1 Å². The van der Waals surface area contributed by atoms with Gasteiger partial charge in [-0.2, -0.15) is 0 Å². The first-order chi connectivity index (χ1) is 12.5. The number of quaternary nitrogens is 1. The summed E-state index contributed by atoms with van der Waals surface area (Å²) in [5.74, 6) is -2.37. The summed E-state index contributed by atoms with van der Waals surface area (Å²) in [4.78, 5) is 23.0. The van der Waals surface area contributed by atoms with Crippen molar-refractivity contribution in [3.63, 3.8) is 0 Å². The Labute approximate surface area is 164 Å². The van der Waals surface area contributed by atoms with Crippen molar-refractivity contribution in [2.75, 3.05) is 27.7 Å². The van der Waals surface area contributed by atoms with Crippen molar-refractivity contribution >= 4 is 11.8 Å². The summed E-state index contributed by atoms with van der Waals surface area (Å²) in [5, 5.41) is 31.7. The summed E-state index contributed by atoms with van der Waals surface area (Å²) in [6, 6.07) is 0. The maximum absolute atomic E-state index is 12.0. The van der Waals surface area contributed by atoms with Crippen molar-refractivity contribution in [1.82, 2.24) is 0 Å². The fourth-order valence-electron chi connectivity index (χ4n) is 3.22. The Bertz CT molecular complexity index is 481. The van der Waals surface area contributed by atoms with Crippen LogP contribution >= 0.6 is 0 Å².